The van der Waals surface area contributed by atoms with Crippen molar-refractivity contribution in [2.75, 3.05) is 13.1 Å². The van der Waals surface area contributed by atoms with Crippen LogP contribution in [-0.2, 0) is 6.54 Å². The Bertz CT molecular complexity index is 540. The lowest BCUT2D eigenvalue weighted by atomic mass is 10.0. The van der Waals surface area contributed by atoms with Crippen molar-refractivity contribution in [2.24, 2.45) is 4.99 Å². The second kappa shape index (κ2) is 10.6. The van der Waals surface area contributed by atoms with E-state index in [-0.39, 0.29) is 24.0 Å². The number of thiophene rings is 1. The van der Waals surface area contributed by atoms with Crippen molar-refractivity contribution in [2.45, 2.75) is 26.3 Å². The van der Waals surface area contributed by atoms with Crippen molar-refractivity contribution in [3.63, 3.8) is 0 Å². The van der Waals surface area contributed by atoms with Gasteiger partial charge in [-0.15, -0.1) is 35.3 Å². The van der Waals surface area contributed by atoms with Crippen LogP contribution in [0.1, 0.15) is 30.2 Å². The molecule has 3 nitrogen and oxygen atoms in total. The topological polar surface area (TPSA) is 36.4 Å². The largest absolute Gasteiger partial charge is 0.357 e. The molecule has 1 heterocycles. The molecule has 0 bridgehead atoms. The van der Waals surface area contributed by atoms with Crippen LogP contribution in [0.3, 0.4) is 0 Å². The van der Waals surface area contributed by atoms with E-state index in [0.29, 0.717) is 5.92 Å². The monoisotopic (exact) mass is 429 g/mol. The Labute approximate surface area is 154 Å². The number of rotatable bonds is 6. The summed E-state index contributed by atoms with van der Waals surface area (Å²) < 4.78 is 0. The number of benzene rings is 1. The van der Waals surface area contributed by atoms with Crippen LogP contribution < -0.4 is 10.6 Å². The fourth-order valence-corrected chi connectivity index (χ4v) is 2.68. The first kappa shape index (κ1) is 19.0. The summed E-state index contributed by atoms with van der Waals surface area (Å²) in [5, 5.41) is 8.81. The molecule has 120 valence electrons. The van der Waals surface area contributed by atoms with Gasteiger partial charge < -0.3 is 10.6 Å². The third kappa shape index (κ3) is 6.36. The maximum atomic E-state index is 4.63. The van der Waals surface area contributed by atoms with Crippen LogP contribution >= 0.6 is 35.3 Å². The van der Waals surface area contributed by atoms with E-state index in [4.69, 9.17) is 0 Å². The average molecular weight is 429 g/mol. The van der Waals surface area contributed by atoms with Crippen molar-refractivity contribution in [1.29, 1.82) is 0 Å². The van der Waals surface area contributed by atoms with Crippen molar-refractivity contribution >= 4 is 41.3 Å². The summed E-state index contributed by atoms with van der Waals surface area (Å²) in [6.45, 7) is 6.79. The molecule has 0 amide bonds. The minimum absolute atomic E-state index is 0. The molecule has 0 saturated carbocycles. The standard InChI is InChI=1S/C17H23N3S.HI/c1-3-18-17(20-13-16-10-7-11-21-16)19-12-14(2)15-8-5-4-6-9-15;/h4-11,14H,3,12-13H2,1-2H3,(H2,18,19,20);1H. The molecule has 22 heavy (non-hydrogen) atoms. The summed E-state index contributed by atoms with van der Waals surface area (Å²) in [4.78, 5) is 5.91. The smallest absolute Gasteiger partial charge is 0.191 e. The average Bonchev–Trinajstić information content (AvgIpc) is 3.04. The Hall–Kier alpha value is -1.08. The van der Waals surface area contributed by atoms with Gasteiger partial charge in [0.2, 0.25) is 0 Å². The van der Waals surface area contributed by atoms with Crippen molar-refractivity contribution < 1.29 is 0 Å². The van der Waals surface area contributed by atoms with Crippen LogP contribution in [0.25, 0.3) is 0 Å². The summed E-state index contributed by atoms with van der Waals surface area (Å²) in [6, 6.07) is 14.7. The van der Waals surface area contributed by atoms with Gasteiger partial charge in [-0.2, -0.15) is 0 Å². The highest BCUT2D eigenvalue weighted by molar-refractivity contribution is 14.0. The third-order valence-electron chi connectivity index (χ3n) is 3.26. The van der Waals surface area contributed by atoms with Crippen LogP contribution in [-0.4, -0.2) is 19.0 Å². The van der Waals surface area contributed by atoms with E-state index in [1.54, 1.807) is 11.3 Å². The predicted octanol–water partition coefficient (Wildman–Crippen LogP) is 4.22. The molecule has 0 aliphatic carbocycles. The van der Waals surface area contributed by atoms with Crippen LogP contribution in [0.2, 0.25) is 0 Å². The lowest BCUT2D eigenvalue weighted by Gasteiger charge is -2.16. The molecule has 1 aromatic carbocycles. The van der Waals surface area contributed by atoms with Gasteiger partial charge in [0.15, 0.2) is 5.96 Å². The molecule has 2 rings (SSSR count). The van der Waals surface area contributed by atoms with E-state index in [1.165, 1.54) is 10.4 Å². The van der Waals surface area contributed by atoms with E-state index in [1.807, 2.05) is 0 Å². The van der Waals surface area contributed by atoms with Crippen LogP contribution in [0.5, 0.6) is 0 Å². The van der Waals surface area contributed by atoms with Gasteiger partial charge >= 0.3 is 0 Å². The Balaban J connectivity index is 0.00000242. The van der Waals surface area contributed by atoms with Gasteiger partial charge in [0.05, 0.1) is 6.54 Å². The molecule has 0 aliphatic heterocycles. The molecule has 0 radical (unpaired) electrons. The highest BCUT2D eigenvalue weighted by Crippen LogP contribution is 2.13. The summed E-state index contributed by atoms with van der Waals surface area (Å²) in [7, 11) is 0. The Kier molecular flexibility index (Phi) is 9.15. The molecule has 1 unspecified atom stereocenters. The molecule has 1 aromatic heterocycles. The number of hydrogen-bond acceptors (Lipinski definition) is 2. The summed E-state index contributed by atoms with van der Waals surface area (Å²) >= 11 is 1.74. The first-order valence-corrected chi connectivity index (χ1v) is 8.27. The molecule has 1 atom stereocenters. The Morgan fingerprint density at radius 3 is 2.55 bits per heavy atom. The molecule has 5 heteroatoms. The summed E-state index contributed by atoms with van der Waals surface area (Å²) in [5.74, 6) is 1.34. The molecule has 0 spiro atoms. The molecule has 2 N–H and O–H groups in total. The van der Waals surface area contributed by atoms with Gasteiger partial charge in [-0.05, 0) is 29.9 Å². The highest BCUT2D eigenvalue weighted by atomic mass is 127. The second-order valence-corrected chi connectivity index (χ2v) is 6.00. The number of nitrogens with one attached hydrogen (secondary N) is 2. The lowest BCUT2D eigenvalue weighted by molar-refractivity contribution is 0.700. The highest BCUT2D eigenvalue weighted by Gasteiger charge is 2.06. The van der Waals surface area contributed by atoms with Crippen molar-refractivity contribution in [1.82, 2.24) is 10.6 Å². The van der Waals surface area contributed by atoms with Gasteiger partial charge in [0.1, 0.15) is 0 Å². The molecule has 0 saturated heterocycles. The minimum Gasteiger partial charge on any atom is -0.357 e. The number of guanidine groups is 1. The van der Waals surface area contributed by atoms with Crippen LogP contribution in [0, 0.1) is 0 Å². The van der Waals surface area contributed by atoms with Gasteiger partial charge in [-0.3, -0.25) is 0 Å². The second-order valence-electron chi connectivity index (χ2n) is 4.97. The number of nitrogens with zero attached hydrogens (tertiary/aromatic N) is 1. The molecular formula is C17H24IN3S. The van der Waals surface area contributed by atoms with Gasteiger partial charge in [0, 0.05) is 18.0 Å². The molecule has 0 aliphatic rings. The first-order valence-electron chi connectivity index (χ1n) is 7.39. The zero-order valence-corrected chi connectivity index (χ0v) is 16.2. The van der Waals surface area contributed by atoms with E-state index >= 15 is 0 Å². The lowest BCUT2D eigenvalue weighted by Crippen LogP contribution is -2.39. The molecule has 2 aromatic rings. The molecule has 0 fully saturated rings. The van der Waals surface area contributed by atoms with Gasteiger partial charge in [-0.25, -0.2) is 4.99 Å². The van der Waals surface area contributed by atoms with E-state index in [2.05, 4.69) is 77.3 Å². The predicted molar refractivity (Wildman–Crippen MR) is 107 cm³/mol. The zero-order chi connectivity index (χ0) is 14.9. The van der Waals surface area contributed by atoms with Gasteiger partial charge in [0.25, 0.3) is 0 Å². The summed E-state index contributed by atoms with van der Waals surface area (Å²) in [6.07, 6.45) is 0. The first-order chi connectivity index (χ1) is 10.3. The fourth-order valence-electron chi connectivity index (χ4n) is 2.05. The maximum Gasteiger partial charge on any atom is 0.191 e. The third-order valence-corrected chi connectivity index (χ3v) is 4.12. The fraction of sp³-hybridized carbons (Fsp3) is 0.353. The quantitative estimate of drug-likeness (QED) is 0.410. The zero-order valence-electron chi connectivity index (χ0n) is 13.1. The van der Waals surface area contributed by atoms with Crippen LogP contribution in [0.15, 0.2) is 52.8 Å². The number of halogens is 1. The van der Waals surface area contributed by atoms with E-state index in [9.17, 15) is 0 Å². The SMILES string of the molecule is CCNC(=NCc1cccs1)NCC(C)c1ccccc1.I. The van der Waals surface area contributed by atoms with E-state index < -0.39 is 0 Å². The van der Waals surface area contributed by atoms with Crippen LogP contribution in [0.4, 0.5) is 0 Å². The molecular weight excluding hydrogens is 405 g/mol. The number of hydrogen-bond donors (Lipinski definition) is 2. The number of aliphatic imine (C=N–C) groups is 1. The van der Waals surface area contributed by atoms with Gasteiger partial charge in [-0.1, -0.05) is 43.3 Å². The Morgan fingerprint density at radius 1 is 1.14 bits per heavy atom. The van der Waals surface area contributed by atoms with Crippen molar-refractivity contribution in [3.05, 3.63) is 58.3 Å². The van der Waals surface area contributed by atoms with Crippen molar-refractivity contribution in [3.8, 4) is 0 Å². The summed E-state index contributed by atoms with van der Waals surface area (Å²) in [5.41, 5.74) is 1.35. The minimum atomic E-state index is 0. The maximum absolute atomic E-state index is 4.63. The normalized spacial score (nSPS) is 12.4. The van der Waals surface area contributed by atoms with E-state index in [0.717, 1.165) is 25.6 Å². The Morgan fingerprint density at radius 2 is 1.91 bits per heavy atom.